The maximum Gasteiger partial charge on any atom is 0.330 e. The minimum Gasteiger partial charge on any atom is -0.462 e. The number of hydrogen-bond donors (Lipinski definition) is 0. The molecule has 7 heteroatoms. The molecule has 0 heterocycles. The van der Waals surface area contributed by atoms with E-state index in [1.54, 1.807) is 6.08 Å². The second-order valence-electron chi connectivity index (χ2n) is 10.4. The van der Waals surface area contributed by atoms with E-state index in [9.17, 15) is 4.79 Å². The van der Waals surface area contributed by atoms with Crippen molar-refractivity contribution in [3.8, 4) is 0 Å². The molecule has 0 aromatic rings. The van der Waals surface area contributed by atoms with Crippen molar-refractivity contribution in [3.63, 3.8) is 0 Å². The highest BCUT2D eigenvalue weighted by Crippen LogP contribution is 2.48. The average Bonchev–Trinajstić information content (AvgIpc) is 2.87. The second-order valence-corrected chi connectivity index (χ2v) is 10.4. The highest BCUT2D eigenvalue weighted by molar-refractivity contribution is 5.81. The molecular formula is C28H45FO6. The summed E-state index contributed by atoms with van der Waals surface area (Å²) < 4.78 is 32.2. The molecule has 3 aliphatic carbocycles. The molecule has 7 atom stereocenters. The van der Waals surface area contributed by atoms with E-state index < -0.39 is 6.17 Å². The molecule has 0 aromatic heterocycles. The van der Waals surface area contributed by atoms with Crippen molar-refractivity contribution in [3.05, 3.63) is 25.3 Å². The van der Waals surface area contributed by atoms with Crippen LogP contribution in [0.4, 0.5) is 4.39 Å². The van der Waals surface area contributed by atoms with Crippen molar-refractivity contribution in [1.82, 2.24) is 0 Å². The molecule has 0 saturated heterocycles. The van der Waals surface area contributed by atoms with Gasteiger partial charge in [0, 0.05) is 25.5 Å². The third-order valence-corrected chi connectivity index (χ3v) is 8.03. The Hall–Kier alpha value is -1.28. The van der Waals surface area contributed by atoms with E-state index in [-0.39, 0.29) is 18.0 Å². The largest absolute Gasteiger partial charge is 0.462 e. The van der Waals surface area contributed by atoms with Gasteiger partial charge in [0.2, 0.25) is 0 Å². The Morgan fingerprint density at radius 1 is 0.771 bits per heavy atom. The van der Waals surface area contributed by atoms with E-state index in [1.807, 2.05) is 0 Å². The third kappa shape index (κ3) is 9.60. The van der Waals surface area contributed by atoms with Crippen LogP contribution in [0.3, 0.4) is 0 Å². The molecular weight excluding hydrogens is 451 g/mol. The Bertz CT molecular complexity index is 643. The minimum atomic E-state index is -0.752. The van der Waals surface area contributed by atoms with Crippen LogP contribution in [0.15, 0.2) is 25.3 Å². The zero-order valence-electron chi connectivity index (χ0n) is 21.3. The maximum absolute atomic E-state index is 15.2. The molecule has 0 amide bonds. The van der Waals surface area contributed by atoms with Gasteiger partial charge in [0.1, 0.15) is 12.8 Å². The Balaban J connectivity index is 1.29. The van der Waals surface area contributed by atoms with Gasteiger partial charge in [-0.1, -0.05) is 12.7 Å². The van der Waals surface area contributed by atoms with E-state index in [1.165, 1.54) is 25.3 Å². The number of carbonyl (C=O) groups is 1. The van der Waals surface area contributed by atoms with Crippen LogP contribution >= 0.6 is 0 Å². The van der Waals surface area contributed by atoms with E-state index in [0.29, 0.717) is 69.7 Å². The summed E-state index contributed by atoms with van der Waals surface area (Å²) in [5.41, 5.74) is 0. The summed E-state index contributed by atoms with van der Waals surface area (Å²) >= 11 is 0. The van der Waals surface area contributed by atoms with Crippen molar-refractivity contribution in [2.75, 3.05) is 33.0 Å². The molecule has 0 radical (unpaired) electrons. The zero-order valence-corrected chi connectivity index (χ0v) is 21.3. The van der Waals surface area contributed by atoms with Gasteiger partial charge in [0.05, 0.1) is 32.0 Å². The van der Waals surface area contributed by atoms with Gasteiger partial charge in [-0.05, 0) is 81.5 Å². The molecule has 0 aliphatic heterocycles. The molecule has 35 heavy (non-hydrogen) atoms. The minimum absolute atomic E-state index is 0.0274. The average molecular weight is 497 g/mol. The van der Waals surface area contributed by atoms with Crippen LogP contribution in [0.2, 0.25) is 0 Å². The monoisotopic (exact) mass is 496 g/mol. The van der Waals surface area contributed by atoms with E-state index in [4.69, 9.17) is 24.0 Å². The van der Waals surface area contributed by atoms with Gasteiger partial charge in [0.15, 0.2) is 0 Å². The van der Waals surface area contributed by atoms with Crippen LogP contribution < -0.4 is 0 Å². The molecule has 7 unspecified atom stereocenters. The number of halogens is 1. The summed E-state index contributed by atoms with van der Waals surface area (Å²) in [4.78, 5) is 21.0. The quantitative estimate of drug-likeness (QED) is 0.0718. The van der Waals surface area contributed by atoms with Gasteiger partial charge < -0.3 is 14.2 Å². The lowest BCUT2D eigenvalue weighted by Crippen LogP contribution is -2.40. The molecule has 0 aromatic carbocycles. The van der Waals surface area contributed by atoms with Gasteiger partial charge in [0.25, 0.3) is 0 Å². The first-order chi connectivity index (χ1) is 17.1. The zero-order chi connectivity index (χ0) is 24.9. The van der Waals surface area contributed by atoms with E-state index in [2.05, 4.69) is 13.2 Å². The van der Waals surface area contributed by atoms with Gasteiger partial charge in [-0.25, -0.2) is 19.0 Å². The fourth-order valence-electron chi connectivity index (χ4n) is 6.27. The molecule has 3 rings (SSSR count). The lowest BCUT2D eigenvalue weighted by atomic mass is 9.62. The number of hydrogen-bond acceptors (Lipinski definition) is 6. The van der Waals surface area contributed by atoms with Crippen molar-refractivity contribution in [1.29, 1.82) is 0 Å². The summed E-state index contributed by atoms with van der Waals surface area (Å²) in [5, 5.41) is 0. The van der Waals surface area contributed by atoms with Gasteiger partial charge >= 0.3 is 5.97 Å². The fraction of sp³-hybridized carbons (Fsp3) is 0.821. The molecule has 0 N–H and O–H groups in total. The summed E-state index contributed by atoms with van der Waals surface area (Å²) in [7, 11) is 0. The molecule has 0 bridgehead atoms. The summed E-state index contributed by atoms with van der Waals surface area (Å²) in [6.07, 6.45) is 13.2. The third-order valence-electron chi connectivity index (χ3n) is 8.03. The number of carbonyl (C=O) groups excluding carboxylic acids is 1. The van der Waals surface area contributed by atoms with Crippen LogP contribution in [-0.2, 0) is 28.8 Å². The normalized spacial score (nSPS) is 33.0. The fourth-order valence-corrected chi connectivity index (χ4v) is 6.27. The first-order valence-corrected chi connectivity index (χ1v) is 13.6. The molecule has 3 fully saturated rings. The van der Waals surface area contributed by atoms with Gasteiger partial charge in [-0.3, -0.25) is 0 Å². The number of alkyl halides is 1. The van der Waals surface area contributed by atoms with Crippen molar-refractivity contribution in [2.24, 2.45) is 23.7 Å². The standard InChI is InChI=1S/C28H45FO6/c1-3-13-34-35-17-6-15-32-25-11-12-26(27(29)20-25)23-8-7-22-19-24(10-9-21(22)18-23)31-14-5-16-33-28(30)4-2/h3-4,21-27H,1-2,5-20H2. The second kappa shape index (κ2) is 15.7. The molecule has 200 valence electrons. The maximum atomic E-state index is 15.2. The van der Waals surface area contributed by atoms with Crippen LogP contribution in [0.1, 0.15) is 70.6 Å². The van der Waals surface area contributed by atoms with Gasteiger partial charge in [-0.2, -0.15) is 0 Å². The Labute approximate surface area is 210 Å². The SMILES string of the molecule is C=CCOOCCCOC1CCC(C2CCC3CC(OCCCOC(=O)C=C)CCC3C2)C(F)C1. The van der Waals surface area contributed by atoms with E-state index in [0.717, 1.165) is 38.5 Å². The Morgan fingerprint density at radius 2 is 1.43 bits per heavy atom. The Kier molecular flexibility index (Phi) is 12.7. The van der Waals surface area contributed by atoms with Crippen molar-refractivity contribution >= 4 is 5.97 Å². The first-order valence-electron chi connectivity index (χ1n) is 13.6. The Morgan fingerprint density at radius 3 is 2.17 bits per heavy atom. The predicted molar refractivity (Wildman–Crippen MR) is 132 cm³/mol. The summed E-state index contributed by atoms with van der Waals surface area (Å²) in [6.45, 7) is 9.39. The summed E-state index contributed by atoms with van der Waals surface area (Å²) in [5.74, 6) is 1.75. The van der Waals surface area contributed by atoms with Crippen LogP contribution in [0.5, 0.6) is 0 Å². The lowest BCUT2D eigenvalue weighted by Gasteiger charge is -2.46. The van der Waals surface area contributed by atoms with Gasteiger partial charge in [-0.15, -0.1) is 6.58 Å². The predicted octanol–water partition coefficient (Wildman–Crippen LogP) is 5.76. The smallest absolute Gasteiger partial charge is 0.330 e. The molecule has 3 aliphatic rings. The highest BCUT2D eigenvalue weighted by Gasteiger charge is 2.42. The lowest BCUT2D eigenvalue weighted by molar-refractivity contribution is -0.287. The van der Waals surface area contributed by atoms with Crippen LogP contribution in [0.25, 0.3) is 0 Å². The van der Waals surface area contributed by atoms with E-state index >= 15 is 4.39 Å². The number of rotatable bonds is 15. The number of ether oxygens (including phenoxy) is 3. The number of fused-ring (bicyclic) bond motifs is 1. The number of esters is 1. The van der Waals surface area contributed by atoms with Crippen LogP contribution in [-0.4, -0.2) is 57.4 Å². The molecule has 0 spiro atoms. The van der Waals surface area contributed by atoms with Crippen molar-refractivity contribution < 1.29 is 33.2 Å². The first kappa shape index (κ1) is 28.3. The summed E-state index contributed by atoms with van der Waals surface area (Å²) in [6, 6.07) is 0. The van der Waals surface area contributed by atoms with Crippen molar-refractivity contribution in [2.45, 2.75) is 89.0 Å². The topological polar surface area (TPSA) is 63.2 Å². The van der Waals surface area contributed by atoms with Crippen LogP contribution in [0, 0.1) is 23.7 Å². The molecule has 6 nitrogen and oxygen atoms in total. The molecule has 3 saturated carbocycles. The highest BCUT2D eigenvalue weighted by atomic mass is 19.1.